The third kappa shape index (κ3) is 1.35. The Hall–Kier alpha value is -1.84. The summed E-state index contributed by atoms with van der Waals surface area (Å²) in [5.74, 6) is -1.17. The molecule has 0 saturated carbocycles. The van der Waals surface area contributed by atoms with E-state index in [1.165, 1.54) is 18.2 Å². The van der Waals surface area contributed by atoms with Crippen LogP contribution >= 0.6 is 0 Å². The summed E-state index contributed by atoms with van der Waals surface area (Å²) in [6, 6.07) is 4.39. The van der Waals surface area contributed by atoms with Crippen molar-refractivity contribution in [1.29, 1.82) is 0 Å². The summed E-state index contributed by atoms with van der Waals surface area (Å²) in [6.45, 7) is -0.0220. The van der Waals surface area contributed by atoms with Crippen molar-refractivity contribution in [2.75, 3.05) is 6.61 Å². The first-order valence-corrected chi connectivity index (χ1v) is 4.03. The quantitative estimate of drug-likeness (QED) is 0.739. The van der Waals surface area contributed by atoms with Gasteiger partial charge in [-0.3, -0.25) is 0 Å². The van der Waals surface area contributed by atoms with Crippen LogP contribution in [0, 0.1) is 5.82 Å². The van der Waals surface area contributed by atoms with E-state index in [-0.39, 0.29) is 17.7 Å². The fraction of sp³-hybridized carbons (Fsp3) is 0.100. The Kier molecular flexibility index (Phi) is 1.96. The van der Waals surface area contributed by atoms with Crippen molar-refractivity contribution in [3.63, 3.8) is 0 Å². The third-order valence-electron chi connectivity index (χ3n) is 1.99. The van der Waals surface area contributed by atoms with Gasteiger partial charge < -0.3 is 9.84 Å². The lowest BCUT2D eigenvalue weighted by Gasteiger charge is -2.15. The molecule has 1 aliphatic rings. The van der Waals surface area contributed by atoms with Crippen molar-refractivity contribution >= 4 is 12.0 Å². The Morgan fingerprint density at radius 1 is 1.50 bits per heavy atom. The molecule has 0 fully saturated rings. The van der Waals surface area contributed by atoms with Crippen molar-refractivity contribution in [1.82, 2.24) is 0 Å². The van der Waals surface area contributed by atoms with E-state index in [2.05, 4.69) is 0 Å². The number of carboxylic acids is 1. The first-order chi connectivity index (χ1) is 6.68. The summed E-state index contributed by atoms with van der Waals surface area (Å²) in [7, 11) is 0. The average Bonchev–Trinajstić information content (AvgIpc) is 2.18. The molecular weight excluding hydrogens is 187 g/mol. The van der Waals surface area contributed by atoms with Crippen LogP contribution in [-0.2, 0) is 4.79 Å². The van der Waals surface area contributed by atoms with Gasteiger partial charge in [-0.2, -0.15) is 0 Å². The first-order valence-electron chi connectivity index (χ1n) is 4.03. The van der Waals surface area contributed by atoms with Crippen molar-refractivity contribution in [2.45, 2.75) is 0 Å². The molecule has 2 rings (SSSR count). The summed E-state index contributed by atoms with van der Waals surface area (Å²) in [4.78, 5) is 10.6. The number of halogens is 1. The molecule has 0 bridgehead atoms. The smallest absolute Gasteiger partial charge is 0.335 e. The lowest BCUT2D eigenvalue weighted by molar-refractivity contribution is -0.132. The molecule has 0 amide bonds. The average molecular weight is 194 g/mol. The first kappa shape index (κ1) is 8.74. The number of carboxylic acid groups (broad SMARTS) is 1. The van der Waals surface area contributed by atoms with Crippen LogP contribution in [0.4, 0.5) is 4.39 Å². The van der Waals surface area contributed by atoms with E-state index in [1.54, 1.807) is 6.07 Å². The van der Waals surface area contributed by atoms with Gasteiger partial charge in [0.2, 0.25) is 0 Å². The summed E-state index contributed by atoms with van der Waals surface area (Å²) in [5.41, 5.74) is 0.263. The Bertz CT molecular complexity index is 423. The molecule has 14 heavy (non-hydrogen) atoms. The molecule has 0 aromatic heterocycles. The number of rotatable bonds is 1. The number of benzene rings is 1. The molecule has 0 unspecified atom stereocenters. The summed E-state index contributed by atoms with van der Waals surface area (Å²) < 4.78 is 18.3. The number of aliphatic carboxylic acids is 1. The molecule has 0 saturated heterocycles. The summed E-state index contributed by atoms with van der Waals surface area (Å²) in [5, 5.41) is 8.68. The van der Waals surface area contributed by atoms with E-state index in [9.17, 15) is 9.18 Å². The third-order valence-corrected chi connectivity index (χ3v) is 1.99. The zero-order valence-corrected chi connectivity index (χ0v) is 7.16. The molecule has 1 N–H and O–H groups in total. The molecule has 1 aromatic carbocycles. The number of fused-ring (bicyclic) bond motifs is 1. The van der Waals surface area contributed by atoms with Crippen LogP contribution in [0.25, 0.3) is 6.08 Å². The molecule has 3 nitrogen and oxygen atoms in total. The maximum absolute atomic E-state index is 13.2. The predicted molar refractivity (Wildman–Crippen MR) is 47.5 cm³/mol. The molecular formula is C10H7FO3. The van der Waals surface area contributed by atoms with Crippen LogP contribution in [0.15, 0.2) is 23.8 Å². The molecule has 0 aliphatic carbocycles. The lowest BCUT2D eigenvalue weighted by Crippen LogP contribution is -2.14. The van der Waals surface area contributed by atoms with E-state index in [0.717, 1.165) is 0 Å². The highest BCUT2D eigenvalue weighted by Crippen LogP contribution is 2.28. The molecule has 1 heterocycles. The second-order valence-corrected chi connectivity index (χ2v) is 2.92. The Balaban J connectivity index is 2.52. The van der Waals surface area contributed by atoms with Gasteiger partial charge in [-0.15, -0.1) is 0 Å². The SMILES string of the molecule is O=C(O)C1=Cc2c(F)cccc2OC1. The summed E-state index contributed by atoms with van der Waals surface area (Å²) >= 11 is 0. The number of ether oxygens (including phenoxy) is 1. The molecule has 1 aliphatic heterocycles. The Morgan fingerprint density at radius 3 is 3.00 bits per heavy atom. The van der Waals surface area contributed by atoms with Crippen molar-refractivity contribution in [2.24, 2.45) is 0 Å². The van der Waals surface area contributed by atoms with Crippen molar-refractivity contribution in [3.8, 4) is 5.75 Å². The minimum Gasteiger partial charge on any atom is -0.488 e. The second-order valence-electron chi connectivity index (χ2n) is 2.92. The standard InChI is InChI=1S/C10H7FO3/c11-8-2-1-3-9-7(8)4-6(5-14-9)10(12)13/h1-4H,5H2,(H,12,13). The van der Waals surface area contributed by atoms with Crippen LogP contribution in [0.5, 0.6) is 5.75 Å². The van der Waals surface area contributed by atoms with Gasteiger partial charge in [0.15, 0.2) is 0 Å². The van der Waals surface area contributed by atoms with Gasteiger partial charge in [0.05, 0.1) is 11.1 Å². The van der Waals surface area contributed by atoms with Crippen molar-refractivity contribution < 1.29 is 19.0 Å². The van der Waals surface area contributed by atoms with E-state index >= 15 is 0 Å². The fourth-order valence-corrected chi connectivity index (χ4v) is 1.28. The van der Waals surface area contributed by atoms with E-state index < -0.39 is 11.8 Å². The van der Waals surface area contributed by atoms with Crippen LogP contribution < -0.4 is 4.74 Å². The number of hydrogen-bond donors (Lipinski definition) is 1. The second kappa shape index (κ2) is 3.14. The Labute approximate surface area is 79.4 Å². The zero-order valence-electron chi connectivity index (χ0n) is 7.16. The minimum absolute atomic E-state index is 0.0220. The lowest BCUT2D eigenvalue weighted by atomic mass is 10.1. The molecule has 0 spiro atoms. The normalized spacial score (nSPS) is 13.9. The maximum atomic E-state index is 13.2. The molecule has 0 radical (unpaired) electrons. The number of carbonyl (C=O) groups is 1. The van der Waals surface area contributed by atoms with Crippen LogP contribution in [-0.4, -0.2) is 17.7 Å². The van der Waals surface area contributed by atoms with Crippen LogP contribution in [0.1, 0.15) is 5.56 Å². The minimum atomic E-state index is -1.08. The molecule has 1 aromatic rings. The predicted octanol–water partition coefficient (Wildman–Crippen LogP) is 1.69. The van der Waals surface area contributed by atoms with Gasteiger partial charge in [0.1, 0.15) is 18.2 Å². The monoisotopic (exact) mass is 194 g/mol. The van der Waals surface area contributed by atoms with Gasteiger partial charge in [-0.1, -0.05) is 6.07 Å². The topological polar surface area (TPSA) is 46.5 Å². The Morgan fingerprint density at radius 2 is 2.29 bits per heavy atom. The van der Waals surface area contributed by atoms with E-state index in [1.807, 2.05) is 0 Å². The van der Waals surface area contributed by atoms with Gasteiger partial charge in [-0.05, 0) is 18.2 Å². The van der Waals surface area contributed by atoms with Gasteiger partial charge in [-0.25, -0.2) is 9.18 Å². The zero-order chi connectivity index (χ0) is 10.1. The maximum Gasteiger partial charge on any atom is 0.335 e. The molecule has 72 valence electrons. The van der Waals surface area contributed by atoms with Crippen LogP contribution in [0.3, 0.4) is 0 Å². The fourth-order valence-electron chi connectivity index (χ4n) is 1.28. The van der Waals surface area contributed by atoms with Crippen LogP contribution in [0.2, 0.25) is 0 Å². The van der Waals surface area contributed by atoms with Gasteiger partial charge in [0, 0.05) is 0 Å². The number of hydrogen-bond acceptors (Lipinski definition) is 2. The highest BCUT2D eigenvalue weighted by Gasteiger charge is 2.18. The largest absolute Gasteiger partial charge is 0.488 e. The van der Waals surface area contributed by atoms with E-state index in [4.69, 9.17) is 9.84 Å². The highest BCUT2D eigenvalue weighted by atomic mass is 19.1. The van der Waals surface area contributed by atoms with E-state index in [0.29, 0.717) is 5.75 Å². The molecule has 4 heteroatoms. The van der Waals surface area contributed by atoms with Crippen molar-refractivity contribution in [3.05, 3.63) is 35.2 Å². The highest BCUT2D eigenvalue weighted by molar-refractivity contribution is 5.93. The summed E-state index contributed by atoms with van der Waals surface area (Å²) in [6.07, 6.45) is 1.30. The molecule has 0 atom stereocenters. The van der Waals surface area contributed by atoms with Gasteiger partial charge >= 0.3 is 5.97 Å². The van der Waals surface area contributed by atoms with Gasteiger partial charge in [0.25, 0.3) is 0 Å².